The van der Waals surface area contributed by atoms with Crippen molar-refractivity contribution >= 4 is 56.7 Å². The van der Waals surface area contributed by atoms with Crippen LogP contribution in [0.25, 0.3) is 10.9 Å². The molecule has 2 aromatic heterocycles. The minimum atomic E-state index is -0.238. The molecule has 1 amide bonds. The van der Waals surface area contributed by atoms with E-state index in [-0.39, 0.29) is 18.4 Å². The van der Waals surface area contributed by atoms with Gasteiger partial charge in [0.05, 0.1) is 54.5 Å². The van der Waals surface area contributed by atoms with Crippen LogP contribution < -0.4 is 14.5 Å². The maximum absolute atomic E-state index is 12.5. The van der Waals surface area contributed by atoms with Gasteiger partial charge in [-0.3, -0.25) is 4.79 Å². The van der Waals surface area contributed by atoms with Crippen molar-refractivity contribution in [1.82, 2.24) is 29.3 Å². The molecule has 4 heterocycles. The zero-order valence-corrected chi connectivity index (χ0v) is 26.8. The molecule has 2 aliphatic heterocycles. The van der Waals surface area contributed by atoms with Crippen LogP contribution in [-0.2, 0) is 17.8 Å². The Morgan fingerprint density at radius 1 is 1.29 bits per heavy atom. The second-order valence-corrected chi connectivity index (χ2v) is 12.6. The van der Waals surface area contributed by atoms with Crippen LogP contribution in [0.15, 0.2) is 31.0 Å². The van der Waals surface area contributed by atoms with Crippen LogP contribution >= 0.6 is 28.4 Å². The van der Waals surface area contributed by atoms with Crippen molar-refractivity contribution in [2.24, 2.45) is 0 Å². The predicted molar refractivity (Wildman–Crippen MR) is 171 cm³/mol. The Kier molecular flexibility index (Phi) is 9.26. The van der Waals surface area contributed by atoms with Crippen LogP contribution in [0.4, 0.5) is 11.5 Å². The Morgan fingerprint density at radius 3 is 2.85 bits per heavy atom. The highest BCUT2D eigenvalue weighted by Gasteiger charge is 2.33. The summed E-state index contributed by atoms with van der Waals surface area (Å²) in [5.74, 6) is 0.700. The van der Waals surface area contributed by atoms with E-state index in [4.69, 9.17) is 14.7 Å². The highest BCUT2D eigenvalue weighted by molar-refractivity contribution is 14.2. The number of anilines is 2. The SMILES string of the molecule is C=CC(=O)N1CCN(c2nc(OCCN(C)C)nc3c2CCN(c2c(C)ccc4c2cnn4PI)C3)CC1CC#N. The minimum absolute atomic E-state index is 0.145. The molecule has 0 bridgehead atoms. The van der Waals surface area contributed by atoms with Gasteiger partial charge in [0, 0.05) is 43.7 Å². The Morgan fingerprint density at radius 2 is 2.12 bits per heavy atom. The second-order valence-electron chi connectivity index (χ2n) is 10.6. The van der Waals surface area contributed by atoms with Gasteiger partial charge in [-0.15, -0.1) is 0 Å². The molecule has 11 nitrogen and oxygen atoms in total. The second kappa shape index (κ2) is 12.9. The standard InChI is InChI=1S/C28H35IN9O2P/c1-5-25(39)37-13-12-36(17-20(37)8-10-30)27-21-9-11-35(18-23(21)32-28(33-27)40-15-14-34(3)4)26-19(2)6-7-24-22(26)16-31-38(24)41-29/h5-7,16,20,41H,1,8-9,11-15,17-18H2,2-4H3. The molecule has 2 unspecified atom stereocenters. The van der Waals surface area contributed by atoms with Gasteiger partial charge < -0.3 is 24.3 Å². The van der Waals surface area contributed by atoms with Crippen LogP contribution in [-0.4, -0.2) is 94.7 Å². The van der Waals surface area contributed by atoms with E-state index in [9.17, 15) is 10.1 Å². The molecule has 2 atom stereocenters. The third kappa shape index (κ3) is 6.12. The number of amides is 1. The summed E-state index contributed by atoms with van der Waals surface area (Å²) < 4.78 is 8.11. The third-order valence-electron chi connectivity index (χ3n) is 7.68. The molecular weight excluding hydrogens is 652 g/mol. The van der Waals surface area contributed by atoms with E-state index in [1.165, 1.54) is 17.3 Å². The smallest absolute Gasteiger partial charge is 0.318 e. The molecule has 216 valence electrons. The summed E-state index contributed by atoms with van der Waals surface area (Å²) in [5, 5.41) is 15.3. The van der Waals surface area contributed by atoms with Gasteiger partial charge in [-0.25, -0.2) is 4.45 Å². The number of hydrogen-bond donors (Lipinski definition) is 0. The summed E-state index contributed by atoms with van der Waals surface area (Å²) in [6.07, 6.45) is 4.85. The van der Waals surface area contributed by atoms with Crippen molar-refractivity contribution in [2.75, 3.05) is 63.2 Å². The molecule has 1 aromatic carbocycles. The van der Waals surface area contributed by atoms with Gasteiger partial charge in [0.15, 0.2) is 0 Å². The van der Waals surface area contributed by atoms with E-state index >= 15 is 0 Å². The Labute approximate surface area is 255 Å². The summed E-state index contributed by atoms with van der Waals surface area (Å²) in [7, 11) is 4.01. The zero-order chi connectivity index (χ0) is 29.1. The molecule has 2 aliphatic rings. The Bertz CT molecular complexity index is 1490. The topological polar surface area (TPSA) is 107 Å². The predicted octanol–water partition coefficient (Wildman–Crippen LogP) is 3.55. The van der Waals surface area contributed by atoms with Gasteiger partial charge in [0.25, 0.3) is 0 Å². The van der Waals surface area contributed by atoms with E-state index in [1.807, 2.05) is 24.7 Å². The van der Waals surface area contributed by atoms with Crippen LogP contribution in [0.2, 0.25) is 0 Å². The highest BCUT2D eigenvalue weighted by Crippen LogP contribution is 2.38. The monoisotopic (exact) mass is 687 g/mol. The number of benzene rings is 1. The number of aryl methyl sites for hydroxylation is 1. The number of rotatable bonds is 9. The average Bonchev–Trinajstić information content (AvgIpc) is 3.39. The van der Waals surface area contributed by atoms with Crippen molar-refractivity contribution in [3.63, 3.8) is 0 Å². The molecule has 13 heteroatoms. The number of likely N-dealkylation sites (N-methyl/N-ethyl adjacent to an activating group) is 1. The molecule has 0 N–H and O–H groups in total. The summed E-state index contributed by atoms with van der Waals surface area (Å²) in [5.41, 5.74) is 5.58. The molecule has 0 spiro atoms. The quantitative estimate of drug-likeness (QED) is 0.190. The first-order valence-corrected chi connectivity index (χ1v) is 17.7. The lowest BCUT2D eigenvalue weighted by Crippen LogP contribution is -2.55. The first-order chi connectivity index (χ1) is 19.8. The number of ether oxygens (including phenoxy) is 1. The Hall–Kier alpha value is -3.01. The fourth-order valence-electron chi connectivity index (χ4n) is 5.64. The van der Waals surface area contributed by atoms with Crippen molar-refractivity contribution in [2.45, 2.75) is 32.4 Å². The number of nitriles is 1. The van der Waals surface area contributed by atoms with E-state index in [2.05, 4.69) is 73.5 Å². The summed E-state index contributed by atoms with van der Waals surface area (Å²) >= 11 is 2.36. The molecule has 41 heavy (non-hydrogen) atoms. The summed E-state index contributed by atoms with van der Waals surface area (Å²) in [4.78, 5) is 30.7. The van der Waals surface area contributed by atoms with Gasteiger partial charge in [-0.1, -0.05) is 12.6 Å². The van der Waals surface area contributed by atoms with E-state index in [0.29, 0.717) is 45.2 Å². The van der Waals surface area contributed by atoms with E-state index < -0.39 is 0 Å². The van der Waals surface area contributed by atoms with E-state index in [1.54, 1.807) is 4.90 Å². The number of halogens is 1. The molecule has 0 saturated carbocycles. The number of hydrogen-bond acceptors (Lipinski definition) is 9. The number of fused-ring (bicyclic) bond motifs is 2. The summed E-state index contributed by atoms with van der Waals surface area (Å²) in [6.45, 7) is 10.1. The maximum atomic E-state index is 12.5. The Balaban J connectivity index is 1.50. The number of aromatic nitrogens is 4. The molecule has 3 aromatic rings. The fourth-order valence-corrected chi connectivity index (χ4v) is 7.18. The van der Waals surface area contributed by atoms with Gasteiger partial charge >= 0.3 is 6.01 Å². The molecule has 0 aliphatic carbocycles. The maximum Gasteiger partial charge on any atom is 0.318 e. The molecule has 1 saturated heterocycles. The van der Waals surface area contributed by atoms with E-state index in [0.717, 1.165) is 47.5 Å². The van der Waals surface area contributed by atoms with Crippen molar-refractivity contribution < 1.29 is 9.53 Å². The molecule has 5 rings (SSSR count). The van der Waals surface area contributed by atoms with Crippen LogP contribution in [0.3, 0.4) is 0 Å². The van der Waals surface area contributed by atoms with Crippen molar-refractivity contribution in [3.8, 4) is 12.1 Å². The van der Waals surface area contributed by atoms with Gasteiger partial charge in [0.1, 0.15) is 12.4 Å². The first kappa shape index (κ1) is 29.5. The zero-order valence-electron chi connectivity index (χ0n) is 23.7. The third-order valence-corrected chi connectivity index (χ3v) is 9.57. The van der Waals surface area contributed by atoms with Gasteiger partial charge in [0.2, 0.25) is 5.91 Å². The lowest BCUT2D eigenvalue weighted by molar-refractivity contribution is -0.128. The van der Waals surface area contributed by atoms with Crippen molar-refractivity contribution in [3.05, 3.63) is 47.8 Å². The summed E-state index contributed by atoms with van der Waals surface area (Å²) in [6, 6.07) is 6.69. The first-order valence-electron chi connectivity index (χ1n) is 13.7. The minimum Gasteiger partial charge on any atom is -0.462 e. The fraction of sp³-hybridized carbons (Fsp3) is 0.464. The number of piperazine rings is 1. The van der Waals surface area contributed by atoms with Gasteiger partial charge in [-0.05, 0) is 67.2 Å². The van der Waals surface area contributed by atoms with Crippen LogP contribution in [0.5, 0.6) is 6.01 Å². The number of carbonyl (C=O) groups is 1. The lowest BCUT2D eigenvalue weighted by atomic mass is 10.0. The highest BCUT2D eigenvalue weighted by atomic mass is 127. The normalized spacial score (nSPS) is 17.4. The number of nitrogens with zero attached hydrogens (tertiary/aromatic N) is 9. The molecule has 0 radical (unpaired) electrons. The van der Waals surface area contributed by atoms with Crippen LogP contribution in [0.1, 0.15) is 23.2 Å². The van der Waals surface area contributed by atoms with Gasteiger partial charge in [-0.2, -0.15) is 20.3 Å². The largest absolute Gasteiger partial charge is 0.462 e. The van der Waals surface area contributed by atoms with Crippen LogP contribution in [0, 0.1) is 18.3 Å². The number of carbonyl (C=O) groups excluding carboxylic acids is 1. The average molecular weight is 688 g/mol. The molecular formula is C28H35IN9O2P. The van der Waals surface area contributed by atoms with Crippen molar-refractivity contribution in [1.29, 1.82) is 5.26 Å². The lowest BCUT2D eigenvalue weighted by Gasteiger charge is -2.42. The molecule has 1 fully saturated rings.